The van der Waals surface area contributed by atoms with E-state index in [2.05, 4.69) is 54.6 Å². The molecule has 2 aromatic rings. The average molecular weight is 433 g/mol. The first-order chi connectivity index (χ1) is 14.0. The maximum absolute atomic E-state index is 12.3. The first-order valence-corrected chi connectivity index (χ1v) is 11.2. The van der Waals surface area contributed by atoms with Crippen molar-refractivity contribution in [3.8, 4) is 0 Å². The Bertz CT molecular complexity index is 802. The number of nitrogens with one attached hydrogen (secondary N) is 1. The lowest BCUT2D eigenvalue weighted by Crippen LogP contribution is -2.31. The van der Waals surface area contributed by atoms with E-state index in [9.17, 15) is 4.79 Å². The number of rotatable bonds is 7. The summed E-state index contributed by atoms with van der Waals surface area (Å²) >= 11 is 11.9. The van der Waals surface area contributed by atoms with Crippen LogP contribution in [0.5, 0.6) is 0 Å². The third kappa shape index (κ3) is 5.97. The van der Waals surface area contributed by atoms with Crippen molar-refractivity contribution in [1.29, 1.82) is 0 Å². The van der Waals surface area contributed by atoms with E-state index >= 15 is 0 Å². The fraction of sp³-hybridized carbons (Fsp3) is 0.458. The quantitative estimate of drug-likeness (QED) is 0.562. The topological polar surface area (TPSA) is 32.3 Å². The van der Waals surface area contributed by atoms with Gasteiger partial charge in [0.05, 0.1) is 10.0 Å². The SMILES string of the molecule is CN(C)C(c1ccccc1)C1CCC(CCNC(=O)c2ccc(Cl)c(Cl)c2)CC1. The summed E-state index contributed by atoms with van der Waals surface area (Å²) in [5.41, 5.74) is 1.97. The van der Waals surface area contributed by atoms with Crippen molar-refractivity contribution in [3.63, 3.8) is 0 Å². The Morgan fingerprint density at radius 1 is 1.03 bits per heavy atom. The normalized spacial score (nSPS) is 20.4. The predicted molar refractivity (Wildman–Crippen MR) is 122 cm³/mol. The second-order valence-corrected chi connectivity index (χ2v) is 9.09. The van der Waals surface area contributed by atoms with Gasteiger partial charge in [-0.3, -0.25) is 4.79 Å². The van der Waals surface area contributed by atoms with Crippen molar-refractivity contribution < 1.29 is 4.79 Å². The van der Waals surface area contributed by atoms with Crippen LogP contribution >= 0.6 is 23.2 Å². The highest BCUT2D eigenvalue weighted by Gasteiger charge is 2.29. The van der Waals surface area contributed by atoms with E-state index in [1.54, 1.807) is 18.2 Å². The summed E-state index contributed by atoms with van der Waals surface area (Å²) in [6.07, 6.45) is 5.96. The van der Waals surface area contributed by atoms with Gasteiger partial charge >= 0.3 is 0 Å². The fourth-order valence-electron chi connectivity index (χ4n) is 4.56. The second kappa shape index (κ2) is 10.5. The number of amides is 1. The van der Waals surface area contributed by atoms with Crippen LogP contribution in [0.25, 0.3) is 0 Å². The number of nitrogens with zero attached hydrogens (tertiary/aromatic N) is 1. The van der Waals surface area contributed by atoms with Crippen molar-refractivity contribution in [2.75, 3.05) is 20.6 Å². The molecule has 29 heavy (non-hydrogen) atoms. The first-order valence-electron chi connectivity index (χ1n) is 10.4. The number of benzene rings is 2. The number of halogens is 2. The molecular weight excluding hydrogens is 403 g/mol. The molecule has 0 aliphatic heterocycles. The third-order valence-corrected chi connectivity index (χ3v) is 6.79. The van der Waals surface area contributed by atoms with E-state index in [4.69, 9.17) is 23.2 Å². The lowest BCUT2D eigenvalue weighted by Gasteiger charge is -2.37. The summed E-state index contributed by atoms with van der Waals surface area (Å²) in [4.78, 5) is 14.7. The number of carbonyl (C=O) groups excluding carboxylic acids is 1. The van der Waals surface area contributed by atoms with Crippen LogP contribution in [0.2, 0.25) is 10.0 Å². The van der Waals surface area contributed by atoms with Gasteiger partial charge in [-0.1, -0.05) is 66.4 Å². The molecule has 1 fully saturated rings. The molecule has 0 saturated heterocycles. The van der Waals surface area contributed by atoms with Crippen molar-refractivity contribution in [3.05, 3.63) is 69.7 Å². The highest BCUT2D eigenvalue weighted by atomic mass is 35.5. The first kappa shape index (κ1) is 22.1. The highest BCUT2D eigenvalue weighted by Crippen LogP contribution is 2.40. The highest BCUT2D eigenvalue weighted by molar-refractivity contribution is 6.42. The molecule has 1 aliphatic rings. The third-order valence-electron chi connectivity index (χ3n) is 6.06. The zero-order chi connectivity index (χ0) is 20.8. The molecule has 0 bridgehead atoms. The molecule has 1 N–H and O–H groups in total. The lowest BCUT2D eigenvalue weighted by atomic mass is 9.75. The summed E-state index contributed by atoms with van der Waals surface area (Å²) in [5, 5.41) is 3.90. The van der Waals surface area contributed by atoms with Gasteiger partial charge in [0.25, 0.3) is 5.91 Å². The molecular formula is C24H30Cl2N2O. The molecule has 0 heterocycles. The molecule has 1 amide bonds. The Labute approximate surface area is 184 Å². The molecule has 156 valence electrons. The molecule has 5 heteroatoms. The molecule has 1 aliphatic carbocycles. The Kier molecular flexibility index (Phi) is 7.99. The summed E-state index contributed by atoms with van der Waals surface area (Å²) in [6.45, 7) is 0.699. The zero-order valence-corrected chi connectivity index (χ0v) is 18.7. The summed E-state index contributed by atoms with van der Waals surface area (Å²) < 4.78 is 0. The van der Waals surface area contributed by atoms with Gasteiger partial charge in [-0.2, -0.15) is 0 Å². The van der Waals surface area contributed by atoms with Crippen LogP contribution < -0.4 is 5.32 Å². The lowest BCUT2D eigenvalue weighted by molar-refractivity contribution is 0.0947. The standard InChI is InChI=1S/C24H30Cl2N2O/c1-28(2)23(18-6-4-3-5-7-18)19-10-8-17(9-11-19)14-15-27-24(29)20-12-13-21(25)22(26)16-20/h3-7,12-13,16-17,19,23H,8-11,14-15H2,1-2H3,(H,27,29). The van der Waals surface area contributed by atoms with Crippen molar-refractivity contribution >= 4 is 29.1 Å². The van der Waals surface area contributed by atoms with Crippen LogP contribution in [0.15, 0.2) is 48.5 Å². The van der Waals surface area contributed by atoms with Crippen LogP contribution in [-0.4, -0.2) is 31.4 Å². The molecule has 0 radical (unpaired) electrons. The monoisotopic (exact) mass is 432 g/mol. The zero-order valence-electron chi connectivity index (χ0n) is 17.2. The molecule has 1 unspecified atom stereocenters. The number of carbonyl (C=O) groups is 1. The Morgan fingerprint density at radius 2 is 1.72 bits per heavy atom. The van der Waals surface area contributed by atoms with Crippen LogP contribution in [0.4, 0.5) is 0 Å². The predicted octanol–water partition coefficient (Wildman–Crippen LogP) is 6.22. The van der Waals surface area contributed by atoms with Gasteiger partial charge in [0.2, 0.25) is 0 Å². The van der Waals surface area contributed by atoms with E-state index in [1.165, 1.54) is 31.2 Å². The van der Waals surface area contributed by atoms with Gasteiger partial charge in [0, 0.05) is 18.2 Å². The maximum Gasteiger partial charge on any atom is 0.251 e. The van der Waals surface area contributed by atoms with Crippen molar-refractivity contribution in [2.24, 2.45) is 11.8 Å². The van der Waals surface area contributed by atoms with E-state index in [0.717, 1.165) is 6.42 Å². The van der Waals surface area contributed by atoms with Gasteiger partial charge in [0.1, 0.15) is 0 Å². The molecule has 1 saturated carbocycles. The molecule has 2 aromatic carbocycles. The fourth-order valence-corrected chi connectivity index (χ4v) is 4.86. The Morgan fingerprint density at radius 3 is 2.34 bits per heavy atom. The van der Waals surface area contributed by atoms with Crippen LogP contribution in [0.3, 0.4) is 0 Å². The van der Waals surface area contributed by atoms with Gasteiger partial charge in [-0.05, 0) is 69.0 Å². The summed E-state index contributed by atoms with van der Waals surface area (Å²) in [5.74, 6) is 1.28. The van der Waals surface area contributed by atoms with E-state index < -0.39 is 0 Å². The maximum atomic E-state index is 12.3. The second-order valence-electron chi connectivity index (χ2n) is 8.27. The molecule has 3 nitrogen and oxygen atoms in total. The molecule has 1 atom stereocenters. The Hall–Kier alpha value is -1.55. The van der Waals surface area contributed by atoms with Gasteiger partial charge in [0.15, 0.2) is 0 Å². The van der Waals surface area contributed by atoms with Gasteiger partial charge in [-0.25, -0.2) is 0 Å². The van der Waals surface area contributed by atoms with E-state index in [-0.39, 0.29) is 5.91 Å². The minimum Gasteiger partial charge on any atom is -0.352 e. The van der Waals surface area contributed by atoms with Crippen molar-refractivity contribution in [1.82, 2.24) is 10.2 Å². The number of hydrogen-bond donors (Lipinski definition) is 1. The Balaban J connectivity index is 1.46. The molecule has 3 rings (SSSR count). The van der Waals surface area contributed by atoms with Crippen LogP contribution in [-0.2, 0) is 0 Å². The molecule has 0 aromatic heterocycles. The van der Waals surface area contributed by atoms with Crippen LogP contribution in [0.1, 0.15) is 54.1 Å². The van der Waals surface area contributed by atoms with Gasteiger partial charge in [-0.15, -0.1) is 0 Å². The minimum absolute atomic E-state index is 0.0889. The smallest absolute Gasteiger partial charge is 0.251 e. The van der Waals surface area contributed by atoms with E-state index in [1.807, 2.05) is 0 Å². The van der Waals surface area contributed by atoms with E-state index in [0.29, 0.717) is 40.0 Å². The largest absolute Gasteiger partial charge is 0.352 e. The summed E-state index contributed by atoms with van der Waals surface area (Å²) in [7, 11) is 4.37. The van der Waals surface area contributed by atoms with Crippen molar-refractivity contribution in [2.45, 2.75) is 38.1 Å². The minimum atomic E-state index is -0.0889. The average Bonchev–Trinajstić information content (AvgIpc) is 2.72. The number of hydrogen-bond acceptors (Lipinski definition) is 2. The van der Waals surface area contributed by atoms with Gasteiger partial charge < -0.3 is 10.2 Å². The summed E-state index contributed by atoms with van der Waals surface area (Å²) in [6, 6.07) is 16.3. The molecule has 0 spiro atoms. The van der Waals surface area contributed by atoms with Crippen LogP contribution in [0, 0.1) is 11.8 Å².